The summed E-state index contributed by atoms with van der Waals surface area (Å²) in [7, 11) is 1.63. The van der Waals surface area contributed by atoms with Crippen LogP contribution in [0, 0.1) is 11.7 Å². The predicted octanol–water partition coefficient (Wildman–Crippen LogP) is 2.88. The number of carbonyl (C=O) groups is 1. The fourth-order valence-corrected chi connectivity index (χ4v) is 3.02. The van der Waals surface area contributed by atoms with Gasteiger partial charge in [-0.1, -0.05) is 0 Å². The molecular weight excluding hydrogens is 359 g/mol. The van der Waals surface area contributed by atoms with Crippen LogP contribution in [0.1, 0.15) is 25.7 Å². The highest BCUT2D eigenvalue weighted by atomic mass is 35.5. The van der Waals surface area contributed by atoms with Gasteiger partial charge in [0, 0.05) is 20.1 Å². The van der Waals surface area contributed by atoms with Crippen molar-refractivity contribution >= 4 is 18.3 Å². The minimum Gasteiger partial charge on any atom is -0.492 e. The zero-order valence-electron chi connectivity index (χ0n) is 15.4. The second kappa shape index (κ2) is 12.9. The van der Waals surface area contributed by atoms with Gasteiger partial charge in [-0.05, 0) is 62.5 Å². The summed E-state index contributed by atoms with van der Waals surface area (Å²) in [6, 6.07) is 5.91. The second-order valence-corrected chi connectivity index (χ2v) is 6.41. The van der Waals surface area contributed by atoms with E-state index in [1.807, 2.05) is 0 Å². The van der Waals surface area contributed by atoms with Crippen molar-refractivity contribution in [2.45, 2.75) is 25.7 Å². The van der Waals surface area contributed by atoms with E-state index in [-0.39, 0.29) is 24.1 Å². The standard InChI is InChI=1S/C19H29FN2O3.ClH/c1-24-14-12-22(13-15-25-18-5-3-17(20)4-6-18)19(23)7-2-16-8-10-21-11-9-16;/h3-6,16,21H,2,7-15H2,1H3;1H. The molecule has 1 fully saturated rings. The van der Waals surface area contributed by atoms with Crippen molar-refractivity contribution in [3.8, 4) is 5.75 Å². The largest absolute Gasteiger partial charge is 0.492 e. The smallest absolute Gasteiger partial charge is 0.222 e. The van der Waals surface area contributed by atoms with Gasteiger partial charge < -0.3 is 19.7 Å². The van der Waals surface area contributed by atoms with Crippen molar-refractivity contribution in [2.24, 2.45) is 5.92 Å². The molecule has 0 saturated carbocycles. The fourth-order valence-electron chi connectivity index (χ4n) is 3.02. The van der Waals surface area contributed by atoms with Gasteiger partial charge in [0.1, 0.15) is 18.2 Å². The van der Waals surface area contributed by atoms with Crippen LogP contribution in [-0.2, 0) is 9.53 Å². The number of halogens is 2. The average Bonchev–Trinajstić information content (AvgIpc) is 2.65. The Morgan fingerprint density at radius 1 is 1.19 bits per heavy atom. The van der Waals surface area contributed by atoms with Gasteiger partial charge in [-0.25, -0.2) is 4.39 Å². The number of rotatable bonds is 10. The van der Waals surface area contributed by atoms with Crippen molar-refractivity contribution in [3.05, 3.63) is 30.1 Å². The molecule has 1 aromatic carbocycles. The van der Waals surface area contributed by atoms with E-state index in [0.717, 1.165) is 32.4 Å². The molecule has 5 nitrogen and oxygen atoms in total. The Bertz CT molecular complexity index is 510. The number of nitrogens with zero attached hydrogens (tertiary/aromatic N) is 1. The molecule has 0 radical (unpaired) electrons. The molecule has 1 amide bonds. The van der Waals surface area contributed by atoms with E-state index in [9.17, 15) is 9.18 Å². The minimum atomic E-state index is -0.290. The third-order valence-corrected chi connectivity index (χ3v) is 4.59. The lowest BCUT2D eigenvalue weighted by molar-refractivity contribution is -0.132. The molecule has 148 valence electrons. The molecule has 1 saturated heterocycles. The van der Waals surface area contributed by atoms with Gasteiger partial charge in [-0.2, -0.15) is 0 Å². The molecule has 26 heavy (non-hydrogen) atoms. The van der Waals surface area contributed by atoms with Gasteiger partial charge >= 0.3 is 0 Å². The quantitative estimate of drug-likeness (QED) is 0.669. The number of ether oxygens (including phenoxy) is 2. The van der Waals surface area contributed by atoms with E-state index < -0.39 is 0 Å². The van der Waals surface area contributed by atoms with Crippen LogP contribution in [-0.4, -0.2) is 57.3 Å². The summed E-state index contributed by atoms with van der Waals surface area (Å²) in [6.45, 7) is 4.07. The molecule has 0 bridgehead atoms. The highest BCUT2D eigenvalue weighted by Crippen LogP contribution is 2.18. The summed E-state index contributed by atoms with van der Waals surface area (Å²) < 4.78 is 23.6. The van der Waals surface area contributed by atoms with Gasteiger partial charge in [0.05, 0.1) is 13.2 Å². The highest BCUT2D eigenvalue weighted by molar-refractivity contribution is 5.85. The average molecular weight is 389 g/mol. The summed E-state index contributed by atoms with van der Waals surface area (Å²) >= 11 is 0. The first kappa shape index (κ1) is 22.7. The third-order valence-electron chi connectivity index (χ3n) is 4.59. The lowest BCUT2D eigenvalue weighted by atomic mass is 9.93. The first-order valence-electron chi connectivity index (χ1n) is 9.05. The summed E-state index contributed by atoms with van der Waals surface area (Å²) in [5.41, 5.74) is 0. The van der Waals surface area contributed by atoms with Crippen LogP contribution in [0.3, 0.4) is 0 Å². The van der Waals surface area contributed by atoms with Crippen LogP contribution in [0.5, 0.6) is 5.75 Å². The second-order valence-electron chi connectivity index (χ2n) is 6.41. The van der Waals surface area contributed by atoms with Crippen molar-refractivity contribution in [1.82, 2.24) is 10.2 Å². The van der Waals surface area contributed by atoms with Crippen LogP contribution in [0.25, 0.3) is 0 Å². The third kappa shape index (κ3) is 8.34. The first-order chi connectivity index (χ1) is 12.2. The maximum Gasteiger partial charge on any atom is 0.222 e. The van der Waals surface area contributed by atoms with Crippen LogP contribution in [0.2, 0.25) is 0 Å². The van der Waals surface area contributed by atoms with E-state index in [1.165, 1.54) is 12.1 Å². The monoisotopic (exact) mass is 388 g/mol. The van der Waals surface area contributed by atoms with Crippen LogP contribution >= 0.6 is 12.4 Å². The lowest BCUT2D eigenvalue weighted by Gasteiger charge is -2.25. The summed E-state index contributed by atoms with van der Waals surface area (Å²) in [6.07, 6.45) is 3.83. The molecule has 0 aliphatic carbocycles. The molecule has 1 aromatic rings. The van der Waals surface area contributed by atoms with Crippen LogP contribution < -0.4 is 10.1 Å². The summed E-state index contributed by atoms with van der Waals surface area (Å²) in [5.74, 6) is 1.11. The number of piperidine rings is 1. The summed E-state index contributed by atoms with van der Waals surface area (Å²) in [5, 5.41) is 3.35. The molecule has 0 aromatic heterocycles. The molecule has 7 heteroatoms. The maximum absolute atomic E-state index is 12.9. The van der Waals surface area contributed by atoms with E-state index in [1.54, 1.807) is 24.1 Å². The number of nitrogens with one attached hydrogen (secondary N) is 1. The van der Waals surface area contributed by atoms with Gasteiger partial charge in [0.15, 0.2) is 0 Å². The maximum atomic E-state index is 12.9. The minimum absolute atomic E-state index is 0. The Balaban J connectivity index is 0.00000338. The lowest BCUT2D eigenvalue weighted by Crippen LogP contribution is -2.37. The normalized spacial score (nSPS) is 14.5. The molecule has 1 heterocycles. The number of hydrogen-bond acceptors (Lipinski definition) is 4. The van der Waals surface area contributed by atoms with Gasteiger partial charge in [-0.3, -0.25) is 4.79 Å². The summed E-state index contributed by atoms with van der Waals surface area (Å²) in [4.78, 5) is 14.3. The molecule has 0 atom stereocenters. The molecule has 1 aliphatic heterocycles. The molecular formula is C19H30ClFN2O3. The van der Waals surface area contributed by atoms with Crippen molar-refractivity contribution in [3.63, 3.8) is 0 Å². The van der Waals surface area contributed by atoms with Crippen molar-refractivity contribution in [2.75, 3.05) is 46.5 Å². The van der Waals surface area contributed by atoms with E-state index in [2.05, 4.69) is 5.32 Å². The van der Waals surface area contributed by atoms with E-state index in [0.29, 0.717) is 44.4 Å². The molecule has 0 spiro atoms. The van der Waals surface area contributed by atoms with E-state index in [4.69, 9.17) is 9.47 Å². The molecule has 0 unspecified atom stereocenters. The highest BCUT2D eigenvalue weighted by Gasteiger charge is 2.18. The van der Waals surface area contributed by atoms with E-state index >= 15 is 0 Å². The first-order valence-corrected chi connectivity index (χ1v) is 9.05. The number of benzene rings is 1. The van der Waals surface area contributed by atoms with Gasteiger partial charge in [-0.15, -0.1) is 12.4 Å². The van der Waals surface area contributed by atoms with Crippen molar-refractivity contribution < 1.29 is 18.7 Å². The Kier molecular flexibility index (Phi) is 11.2. The number of methoxy groups -OCH3 is 1. The Labute approximate surface area is 161 Å². The predicted molar refractivity (Wildman–Crippen MR) is 102 cm³/mol. The Morgan fingerprint density at radius 3 is 2.50 bits per heavy atom. The van der Waals surface area contributed by atoms with Crippen LogP contribution in [0.4, 0.5) is 4.39 Å². The number of hydrogen-bond donors (Lipinski definition) is 1. The Hall–Kier alpha value is -1.37. The zero-order chi connectivity index (χ0) is 17.9. The van der Waals surface area contributed by atoms with Gasteiger partial charge in [0.25, 0.3) is 0 Å². The zero-order valence-corrected chi connectivity index (χ0v) is 16.2. The molecule has 1 N–H and O–H groups in total. The Morgan fingerprint density at radius 2 is 1.85 bits per heavy atom. The topological polar surface area (TPSA) is 50.8 Å². The SMILES string of the molecule is COCCN(CCOc1ccc(F)cc1)C(=O)CCC1CCNCC1.Cl. The van der Waals surface area contributed by atoms with Crippen LogP contribution in [0.15, 0.2) is 24.3 Å². The van der Waals surface area contributed by atoms with Crippen molar-refractivity contribution in [1.29, 1.82) is 0 Å². The number of amides is 1. The number of carbonyl (C=O) groups excluding carboxylic acids is 1. The fraction of sp³-hybridized carbons (Fsp3) is 0.632. The van der Waals surface area contributed by atoms with Gasteiger partial charge in [0.2, 0.25) is 5.91 Å². The molecule has 2 rings (SSSR count). The molecule has 1 aliphatic rings.